The first kappa shape index (κ1) is 8.17. The van der Waals surface area contributed by atoms with E-state index in [0.717, 1.165) is 10.1 Å². The first-order chi connectivity index (χ1) is 5.68. The molecule has 0 saturated carbocycles. The van der Waals surface area contributed by atoms with Crippen LogP contribution in [0.2, 0.25) is 10.0 Å². The van der Waals surface area contributed by atoms with Crippen molar-refractivity contribution in [2.75, 3.05) is 0 Å². The van der Waals surface area contributed by atoms with Gasteiger partial charge in [-0.15, -0.1) is 11.3 Å². The highest BCUT2D eigenvalue weighted by molar-refractivity contribution is 7.18. The molecule has 1 N–H and O–H groups in total. The van der Waals surface area contributed by atoms with Gasteiger partial charge in [0, 0.05) is 10.8 Å². The second-order valence-corrected chi connectivity index (χ2v) is 4.08. The molecule has 1 aromatic heterocycles. The molecule has 0 unspecified atom stereocenters. The molecule has 0 aliphatic carbocycles. The van der Waals surface area contributed by atoms with Gasteiger partial charge < -0.3 is 5.11 Å². The molecule has 4 heteroatoms. The van der Waals surface area contributed by atoms with E-state index in [1.54, 1.807) is 11.4 Å². The lowest BCUT2D eigenvalue weighted by Gasteiger charge is -1.95. The van der Waals surface area contributed by atoms with Crippen molar-refractivity contribution in [2.45, 2.75) is 0 Å². The highest BCUT2D eigenvalue weighted by Crippen LogP contribution is 2.37. The van der Waals surface area contributed by atoms with Crippen LogP contribution < -0.4 is 0 Å². The van der Waals surface area contributed by atoms with Crippen molar-refractivity contribution >= 4 is 44.6 Å². The predicted octanol–water partition coefficient (Wildman–Crippen LogP) is 3.91. The molecular weight excluding hydrogens is 215 g/mol. The Morgan fingerprint density at radius 1 is 1.17 bits per heavy atom. The largest absolute Gasteiger partial charge is 0.508 e. The lowest BCUT2D eigenvalue weighted by molar-refractivity contribution is 0.476. The molecule has 0 aliphatic heterocycles. The lowest BCUT2D eigenvalue weighted by Crippen LogP contribution is -1.67. The average Bonchev–Trinajstić information content (AvgIpc) is 2.33. The Morgan fingerprint density at radius 2 is 1.92 bits per heavy atom. The Hall–Kier alpha value is -0.440. The Balaban J connectivity index is 2.92. The van der Waals surface area contributed by atoms with Gasteiger partial charge in [0.1, 0.15) is 5.75 Å². The summed E-state index contributed by atoms with van der Waals surface area (Å²) >= 11 is 13.2. The molecule has 0 amide bonds. The summed E-state index contributed by atoms with van der Waals surface area (Å²) in [4.78, 5) is 0. The van der Waals surface area contributed by atoms with E-state index in [9.17, 15) is 5.11 Å². The van der Waals surface area contributed by atoms with Gasteiger partial charge in [-0.2, -0.15) is 0 Å². The summed E-state index contributed by atoms with van der Waals surface area (Å²) in [6, 6.07) is 3.12. The van der Waals surface area contributed by atoms with E-state index in [2.05, 4.69) is 0 Å². The summed E-state index contributed by atoms with van der Waals surface area (Å²) in [7, 11) is 0. The molecule has 12 heavy (non-hydrogen) atoms. The number of thiophene rings is 1. The minimum Gasteiger partial charge on any atom is -0.508 e. The third kappa shape index (κ3) is 1.16. The Kier molecular flexibility index (Phi) is 1.91. The van der Waals surface area contributed by atoms with Gasteiger partial charge in [-0.3, -0.25) is 0 Å². The molecular formula is C8H4Cl2OS. The van der Waals surface area contributed by atoms with Gasteiger partial charge in [-0.05, 0) is 12.1 Å². The number of aromatic hydroxyl groups is 1. The van der Waals surface area contributed by atoms with Crippen molar-refractivity contribution < 1.29 is 5.11 Å². The van der Waals surface area contributed by atoms with E-state index in [4.69, 9.17) is 23.2 Å². The summed E-state index contributed by atoms with van der Waals surface area (Å²) in [6.07, 6.45) is 0. The van der Waals surface area contributed by atoms with Gasteiger partial charge in [0.2, 0.25) is 0 Å². The number of benzene rings is 1. The average molecular weight is 219 g/mol. The molecule has 2 aromatic rings. The van der Waals surface area contributed by atoms with Crippen LogP contribution in [0.15, 0.2) is 17.5 Å². The van der Waals surface area contributed by atoms with E-state index in [1.165, 1.54) is 17.4 Å². The third-order valence-electron chi connectivity index (χ3n) is 1.57. The molecule has 1 aromatic carbocycles. The molecule has 0 saturated heterocycles. The topological polar surface area (TPSA) is 20.2 Å². The fourth-order valence-corrected chi connectivity index (χ4v) is 2.55. The summed E-state index contributed by atoms with van der Waals surface area (Å²) in [6.45, 7) is 0. The molecule has 0 aliphatic rings. The Morgan fingerprint density at radius 3 is 2.67 bits per heavy atom. The third-order valence-corrected chi connectivity index (χ3v) is 3.45. The number of hydrogen-bond donors (Lipinski definition) is 1. The highest BCUT2D eigenvalue weighted by atomic mass is 35.5. The Bertz CT molecular complexity index is 436. The quantitative estimate of drug-likeness (QED) is 0.711. The number of rotatable bonds is 0. The van der Waals surface area contributed by atoms with Crippen LogP contribution in [-0.2, 0) is 0 Å². The number of halogens is 2. The van der Waals surface area contributed by atoms with Crippen molar-refractivity contribution in [1.82, 2.24) is 0 Å². The van der Waals surface area contributed by atoms with Gasteiger partial charge in [-0.25, -0.2) is 0 Å². The number of fused-ring (bicyclic) bond motifs is 1. The lowest BCUT2D eigenvalue weighted by atomic mass is 10.2. The SMILES string of the molecule is Oc1cc(Cl)c2scc(Cl)c2c1. The van der Waals surface area contributed by atoms with Crippen LogP contribution in [0.25, 0.3) is 10.1 Å². The van der Waals surface area contributed by atoms with Crippen LogP contribution in [0.4, 0.5) is 0 Å². The standard InChI is InChI=1S/C8H4Cl2OS/c9-6-2-4(11)1-5-7(10)3-12-8(5)6/h1-3,11H. The van der Waals surface area contributed by atoms with Crippen LogP contribution in [0.5, 0.6) is 5.75 Å². The molecule has 0 fully saturated rings. The fraction of sp³-hybridized carbons (Fsp3) is 0. The van der Waals surface area contributed by atoms with Gasteiger partial charge in [0.05, 0.1) is 14.7 Å². The van der Waals surface area contributed by atoms with Crippen LogP contribution in [-0.4, -0.2) is 5.11 Å². The summed E-state index contributed by atoms with van der Waals surface area (Å²) < 4.78 is 0.916. The zero-order valence-corrected chi connectivity index (χ0v) is 8.17. The molecule has 0 atom stereocenters. The molecule has 1 heterocycles. The number of phenols is 1. The maximum Gasteiger partial charge on any atom is 0.117 e. The predicted molar refractivity (Wildman–Crippen MR) is 53.5 cm³/mol. The van der Waals surface area contributed by atoms with E-state index in [0.29, 0.717) is 10.0 Å². The van der Waals surface area contributed by atoms with E-state index in [1.807, 2.05) is 0 Å². The van der Waals surface area contributed by atoms with Crippen LogP contribution in [0, 0.1) is 0 Å². The van der Waals surface area contributed by atoms with Crippen LogP contribution in [0.1, 0.15) is 0 Å². The monoisotopic (exact) mass is 218 g/mol. The van der Waals surface area contributed by atoms with Crippen molar-refractivity contribution in [2.24, 2.45) is 0 Å². The number of hydrogen-bond acceptors (Lipinski definition) is 2. The molecule has 1 nitrogen and oxygen atoms in total. The molecule has 0 spiro atoms. The molecule has 0 bridgehead atoms. The minimum absolute atomic E-state index is 0.146. The molecule has 0 radical (unpaired) electrons. The summed E-state index contributed by atoms with van der Waals surface area (Å²) in [5.41, 5.74) is 0. The van der Waals surface area contributed by atoms with Crippen LogP contribution in [0.3, 0.4) is 0 Å². The zero-order valence-electron chi connectivity index (χ0n) is 5.84. The smallest absolute Gasteiger partial charge is 0.117 e. The fourth-order valence-electron chi connectivity index (χ4n) is 1.05. The van der Waals surface area contributed by atoms with Gasteiger partial charge >= 0.3 is 0 Å². The first-order valence-electron chi connectivity index (χ1n) is 3.23. The second kappa shape index (κ2) is 2.80. The minimum atomic E-state index is 0.146. The number of phenolic OH excluding ortho intramolecular Hbond substituents is 1. The second-order valence-electron chi connectivity index (χ2n) is 2.39. The zero-order chi connectivity index (χ0) is 8.72. The normalized spacial score (nSPS) is 10.8. The van der Waals surface area contributed by atoms with E-state index in [-0.39, 0.29) is 5.75 Å². The highest BCUT2D eigenvalue weighted by Gasteiger charge is 2.06. The van der Waals surface area contributed by atoms with Crippen molar-refractivity contribution in [1.29, 1.82) is 0 Å². The summed E-state index contributed by atoms with van der Waals surface area (Å²) in [5, 5.41) is 13.0. The van der Waals surface area contributed by atoms with Crippen LogP contribution >= 0.6 is 34.5 Å². The maximum atomic E-state index is 9.22. The summed E-state index contributed by atoms with van der Waals surface area (Å²) in [5.74, 6) is 0.146. The Labute approximate surface area is 83.2 Å². The van der Waals surface area contributed by atoms with Gasteiger partial charge in [0.25, 0.3) is 0 Å². The van der Waals surface area contributed by atoms with E-state index < -0.39 is 0 Å². The van der Waals surface area contributed by atoms with Crippen molar-refractivity contribution in [3.63, 3.8) is 0 Å². The molecule has 62 valence electrons. The van der Waals surface area contributed by atoms with E-state index >= 15 is 0 Å². The first-order valence-corrected chi connectivity index (χ1v) is 4.87. The van der Waals surface area contributed by atoms with Crippen molar-refractivity contribution in [3.8, 4) is 5.75 Å². The van der Waals surface area contributed by atoms with Gasteiger partial charge in [-0.1, -0.05) is 23.2 Å². The van der Waals surface area contributed by atoms with Gasteiger partial charge in [0.15, 0.2) is 0 Å². The maximum absolute atomic E-state index is 9.22. The van der Waals surface area contributed by atoms with Crippen molar-refractivity contribution in [3.05, 3.63) is 27.6 Å². The molecule has 2 rings (SSSR count).